The summed E-state index contributed by atoms with van der Waals surface area (Å²) in [6.07, 6.45) is 0.423. The van der Waals surface area contributed by atoms with Crippen molar-refractivity contribution in [1.82, 2.24) is 0 Å². The van der Waals surface area contributed by atoms with Crippen LogP contribution in [0.2, 0.25) is 10.0 Å². The van der Waals surface area contributed by atoms with Gasteiger partial charge < -0.3 is 16.2 Å². The van der Waals surface area contributed by atoms with Gasteiger partial charge in [-0.15, -0.1) is 0 Å². The van der Waals surface area contributed by atoms with Crippen molar-refractivity contribution < 1.29 is 9.90 Å². The Hall–Kier alpha value is -1.75. The number of nitrogens with two attached hydrogens (primary N) is 1. The van der Waals surface area contributed by atoms with E-state index in [1.807, 2.05) is 30.3 Å². The zero-order valence-electron chi connectivity index (χ0n) is 11.0. The highest BCUT2D eigenvalue weighted by Crippen LogP contribution is 2.34. The quantitative estimate of drug-likeness (QED) is 0.756. The van der Waals surface area contributed by atoms with Gasteiger partial charge in [-0.1, -0.05) is 53.5 Å². The minimum atomic E-state index is -0.696. The highest BCUT2D eigenvalue weighted by Gasteiger charge is 2.15. The minimum absolute atomic E-state index is 0.0643. The number of carbonyl (C=O) groups is 1. The number of hydrogen-bond acceptors (Lipinski definition) is 3. The fraction of sp³-hybridized carbons (Fsp3) is 0.133. The second-order valence-corrected chi connectivity index (χ2v) is 5.39. The summed E-state index contributed by atoms with van der Waals surface area (Å²) in [7, 11) is 0. The highest BCUT2D eigenvalue weighted by molar-refractivity contribution is 6.37. The lowest BCUT2D eigenvalue weighted by Gasteiger charge is -2.13. The van der Waals surface area contributed by atoms with Crippen molar-refractivity contribution in [3.63, 3.8) is 0 Å². The van der Waals surface area contributed by atoms with Crippen LogP contribution in [0.15, 0.2) is 42.5 Å². The van der Waals surface area contributed by atoms with Gasteiger partial charge in [0.05, 0.1) is 16.1 Å². The average molecular weight is 325 g/mol. The number of phenolic OH excluding ortho intramolecular Hbond substituents is 1. The summed E-state index contributed by atoms with van der Waals surface area (Å²) in [6, 6.07) is 11.6. The molecule has 2 aromatic carbocycles. The number of amides is 1. The fourth-order valence-corrected chi connectivity index (χ4v) is 2.32. The van der Waals surface area contributed by atoms with Crippen molar-refractivity contribution in [3.8, 4) is 5.75 Å². The molecule has 1 amide bonds. The molecule has 2 aromatic rings. The van der Waals surface area contributed by atoms with E-state index in [2.05, 4.69) is 5.32 Å². The molecule has 4 nitrogen and oxygen atoms in total. The third-order valence-electron chi connectivity index (χ3n) is 2.92. The lowest BCUT2D eigenvalue weighted by atomic mass is 10.1. The van der Waals surface area contributed by atoms with Crippen LogP contribution in [0.4, 0.5) is 5.69 Å². The van der Waals surface area contributed by atoms with Gasteiger partial charge in [-0.05, 0) is 24.1 Å². The maximum absolute atomic E-state index is 12.0. The van der Waals surface area contributed by atoms with Crippen molar-refractivity contribution in [1.29, 1.82) is 0 Å². The number of phenols is 1. The van der Waals surface area contributed by atoms with Gasteiger partial charge in [-0.25, -0.2) is 0 Å². The second-order valence-electron chi connectivity index (χ2n) is 4.57. The standard InChI is InChI=1S/C15H14Cl2N2O2/c16-11-7-10(8-12(17)14(11)20)19-15(21)13(18)6-9-4-2-1-3-5-9/h1-5,7-8,13,20H,6,18H2,(H,19,21)/t13-/m1/s1. The van der Waals surface area contributed by atoms with Gasteiger partial charge in [-0.3, -0.25) is 4.79 Å². The topological polar surface area (TPSA) is 75.4 Å². The van der Waals surface area contributed by atoms with E-state index < -0.39 is 6.04 Å². The van der Waals surface area contributed by atoms with Crippen molar-refractivity contribution in [2.24, 2.45) is 5.73 Å². The molecule has 0 aliphatic rings. The van der Waals surface area contributed by atoms with E-state index in [-0.39, 0.29) is 21.7 Å². The van der Waals surface area contributed by atoms with E-state index in [1.54, 1.807) is 0 Å². The number of aromatic hydroxyl groups is 1. The van der Waals surface area contributed by atoms with Crippen LogP contribution in [0.5, 0.6) is 5.75 Å². The molecule has 21 heavy (non-hydrogen) atoms. The molecule has 0 aromatic heterocycles. The van der Waals surface area contributed by atoms with Crippen LogP contribution < -0.4 is 11.1 Å². The lowest BCUT2D eigenvalue weighted by molar-refractivity contribution is -0.117. The van der Waals surface area contributed by atoms with Crippen LogP contribution in [0.3, 0.4) is 0 Å². The Morgan fingerprint density at radius 3 is 2.33 bits per heavy atom. The maximum atomic E-state index is 12.0. The summed E-state index contributed by atoms with van der Waals surface area (Å²) in [6.45, 7) is 0. The second kappa shape index (κ2) is 6.80. The van der Waals surface area contributed by atoms with E-state index in [0.29, 0.717) is 12.1 Å². The highest BCUT2D eigenvalue weighted by atomic mass is 35.5. The third-order valence-corrected chi connectivity index (χ3v) is 3.50. The molecule has 2 rings (SSSR count). The first-order chi connectivity index (χ1) is 9.97. The zero-order valence-corrected chi connectivity index (χ0v) is 12.5. The molecule has 0 heterocycles. The monoisotopic (exact) mass is 324 g/mol. The predicted molar refractivity (Wildman–Crippen MR) is 84.9 cm³/mol. The normalized spacial score (nSPS) is 12.0. The van der Waals surface area contributed by atoms with Gasteiger partial charge in [0.2, 0.25) is 5.91 Å². The Morgan fingerprint density at radius 1 is 1.19 bits per heavy atom. The molecule has 0 unspecified atom stereocenters. The fourth-order valence-electron chi connectivity index (χ4n) is 1.83. The predicted octanol–water partition coefficient (Wildman–Crippen LogP) is 3.21. The molecule has 0 saturated heterocycles. The van der Waals surface area contributed by atoms with Gasteiger partial charge in [0, 0.05) is 5.69 Å². The zero-order chi connectivity index (χ0) is 15.4. The van der Waals surface area contributed by atoms with Crippen molar-refractivity contribution in [3.05, 3.63) is 58.1 Å². The molecule has 0 bridgehead atoms. The summed E-state index contributed by atoms with van der Waals surface area (Å²) in [5.41, 5.74) is 7.24. The van der Waals surface area contributed by atoms with E-state index in [1.165, 1.54) is 12.1 Å². The van der Waals surface area contributed by atoms with Gasteiger partial charge in [0.15, 0.2) is 5.75 Å². The molecule has 0 radical (unpaired) electrons. The summed E-state index contributed by atoms with van der Waals surface area (Å²) in [4.78, 5) is 12.0. The molecule has 1 atom stereocenters. The van der Waals surface area contributed by atoms with Crippen LogP contribution in [0.25, 0.3) is 0 Å². The molecule has 0 spiro atoms. The molecular weight excluding hydrogens is 311 g/mol. The number of benzene rings is 2. The first-order valence-corrected chi connectivity index (χ1v) is 7.01. The number of hydrogen-bond donors (Lipinski definition) is 3. The van der Waals surface area contributed by atoms with Crippen LogP contribution >= 0.6 is 23.2 Å². The molecule has 110 valence electrons. The van der Waals surface area contributed by atoms with Crippen molar-refractivity contribution in [2.45, 2.75) is 12.5 Å². The summed E-state index contributed by atoms with van der Waals surface area (Å²) in [5.74, 6) is -0.568. The van der Waals surface area contributed by atoms with Crippen LogP contribution in [-0.4, -0.2) is 17.1 Å². The van der Waals surface area contributed by atoms with E-state index >= 15 is 0 Å². The van der Waals surface area contributed by atoms with E-state index in [0.717, 1.165) is 5.56 Å². The van der Waals surface area contributed by atoms with Crippen LogP contribution in [0, 0.1) is 0 Å². The molecule has 6 heteroatoms. The van der Waals surface area contributed by atoms with E-state index in [4.69, 9.17) is 28.9 Å². The number of anilines is 1. The third kappa shape index (κ3) is 4.11. The van der Waals surface area contributed by atoms with Crippen molar-refractivity contribution >= 4 is 34.8 Å². The molecule has 0 fully saturated rings. The van der Waals surface area contributed by atoms with Crippen LogP contribution in [0.1, 0.15) is 5.56 Å². The summed E-state index contributed by atoms with van der Waals surface area (Å²) >= 11 is 11.6. The molecule has 4 N–H and O–H groups in total. The minimum Gasteiger partial charge on any atom is -0.505 e. The number of halogens is 2. The number of nitrogens with one attached hydrogen (secondary N) is 1. The first-order valence-electron chi connectivity index (χ1n) is 6.25. The van der Waals surface area contributed by atoms with Crippen molar-refractivity contribution in [2.75, 3.05) is 5.32 Å². The Labute approximate surface area is 132 Å². The number of rotatable bonds is 4. The Kier molecular flexibility index (Phi) is 5.07. The molecule has 0 aliphatic carbocycles. The van der Waals surface area contributed by atoms with Gasteiger partial charge >= 0.3 is 0 Å². The summed E-state index contributed by atoms with van der Waals surface area (Å²) in [5, 5.41) is 12.2. The van der Waals surface area contributed by atoms with Gasteiger partial charge in [-0.2, -0.15) is 0 Å². The smallest absolute Gasteiger partial charge is 0.241 e. The van der Waals surface area contributed by atoms with Crippen LogP contribution in [-0.2, 0) is 11.2 Å². The SMILES string of the molecule is N[C@H](Cc1ccccc1)C(=O)Nc1cc(Cl)c(O)c(Cl)c1. The average Bonchev–Trinajstić information content (AvgIpc) is 2.45. The maximum Gasteiger partial charge on any atom is 0.241 e. The Morgan fingerprint density at radius 2 is 1.76 bits per heavy atom. The van der Waals surface area contributed by atoms with E-state index in [9.17, 15) is 9.90 Å². The molecule has 0 aliphatic heterocycles. The van der Waals surface area contributed by atoms with Gasteiger partial charge in [0.1, 0.15) is 0 Å². The first kappa shape index (κ1) is 15.6. The largest absolute Gasteiger partial charge is 0.505 e. The Balaban J connectivity index is 2.04. The molecule has 0 saturated carbocycles. The Bertz CT molecular complexity index is 624. The molecular formula is C15H14Cl2N2O2. The lowest BCUT2D eigenvalue weighted by Crippen LogP contribution is -2.37. The van der Waals surface area contributed by atoms with Gasteiger partial charge in [0.25, 0.3) is 0 Å². The summed E-state index contributed by atoms with van der Waals surface area (Å²) < 4.78 is 0. The number of carbonyl (C=O) groups excluding carboxylic acids is 1.